The SMILES string of the molecule is CCC[n+]1c(N)c(S(=O)(=O)c2ccc(F)cc2)cc2c(=O)n3ccccc3nc21. The standard InChI is InChI=1S/C20H17FN4O3S/c1-2-10-25-18(22)16(29(27,28)14-8-6-13(21)7-9-14)12-15-19(25)23-17-5-3-4-11-24(17)20(15)26/h3-9,11-12,22H,2,10H2,1H3/p+1. The second-order valence-electron chi connectivity index (χ2n) is 6.59. The first-order valence-corrected chi connectivity index (χ1v) is 10.5. The lowest BCUT2D eigenvalue weighted by molar-refractivity contribution is -0.660. The van der Waals surface area contributed by atoms with Gasteiger partial charge in [0.05, 0.1) is 11.4 Å². The highest BCUT2D eigenvalue weighted by Gasteiger charge is 2.29. The molecule has 0 saturated heterocycles. The van der Waals surface area contributed by atoms with Gasteiger partial charge >= 0.3 is 0 Å². The van der Waals surface area contributed by atoms with Gasteiger partial charge < -0.3 is 5.73 Å². The Kier molecular flexibility index (Phi) is 4.54. The fourth-order valence-electron chi connectivity index (χ4n) is 3.28. The summed E-state index contributed by atoms with van der Waals surface area (Å²) in [5.74, 6) is -0.568. The largest absolute Gasteiger partial charge is 0.317 e. The minimum Gasteiger partial charge on any atom is -0.317 e. The third kappa shape index (κ3) is 3.03. The number of benzene rings is 1. The molecule has 0 amide bonds. The van der Waals surface area contributed by atoms with Gasteiger partial charge in [-0.15, -0.1) is 0 Å². The van der Waals surface area contributed by atoms with Gasteiger partial charge in [-0.3, -0.25) is 9.20 Å². The summed E-state index contributed by atoms with van der Waals surface area (Å²) in [5, 5.41) is 0.136. The molecule has 1 aromatic carbocycles. The van der Waals surface area contributed by atoms with Crippen LogP contribution in [0.15, 0.2) is 69.3 Å². The highest BCUT2D eigenvalue weighted by atomic mass is 32.2. The zero-order valence-corrected chi connectivity index (χ0v) is 16.4. The monoisotopic (exact) mass is 413 g/mol. The van der Waals surface area contributed by atoms with Crippen molar-refractivity contribution in [1.82, 2.24) is 9.38 Å². The number of aromatic nitrogens is 3. The first-order valence-electron chi connectivity index (χ1n) is 8.98. The number of halogens is 1. The van der Waals surface area contributed by atoms with Crippen molar-refractivity contribution in [2.75, 3.05) is 5.73 Å². The minimum absolute atomic E-state index is 0.0177. The third-order valence-corrected chi connectivity index (χ3v) is 6.48. The van der Waals surface area contributed by atoms with E-state index in [0.717, 1.165) is 12.1 Å². The molecule has 0 unspecified atom stereocenters. The van der Waals surface area contributed by atoms with E-state index in [4.69, 9.17) is 5.73 Å². The van der Waals surface area contributed by atoms with Gasteiger partial charge in [0.1, 0.15) is 16.1 Å². The average molecular weight is 413 g/mol. The summed E-state index contributed by atoms with van der Waals surface area (Å²) < 4.78 is 42.5. The molecule has 3 heterocycles. The lowest BCUT2D eigenvalue weighted by atomic mass is 10.3. The molecule has 4 rings (SSSR count). The number of rotatable bonds is 4. The molecule has 9 heteroatoms. The Morgan fingerprint density at radius 2 is 1.90 bits per heavy atom. The van der Waals surface area contributed by atoms with Crippen LogP contribution in [-0.2, 0) is 16.4 Å². The quantitative estimate of drug-likeness (QED) is 0.314. The minimum atomic E-state index is -4.08. The summed E-state index contributed by atoms with van der Waals surface area (Å²) in [4.78, 5) is 17.2. The molecule has 148 valence electrons. The molecule has 0 saturated carbocycles. The Morgan fingerprint density at radius 3 is 2.59 bits per heavy atom. The molecule has 29 heavy (non-hydrogen) atoms. The van der Waals surface area contributed by atoms with Gasteiger partial charge in [-0.05, 0) is 48.9 Å². The van der Waals surface area contributed by atoms with Crippen LogP contribution >= 0.6 is 0 Å². The van der Waals surface area contributed by atoms with Crippen LogP contribution in [0.1, 0.15) is 13.3 Å². The molecule has 0 aliphatic heterocycles. The maximum atomic E-state index is 13.3. The summed E-state index contributed by atoms with van der Waals surface area (Å²) in [6, 6.07) is 10.9. The summed E-state index contributed by atoms with van der Waals surface area (Å²) >= 11 is 0. The van der Waals surface area contributed by atoms with E-state index in [1.165, 1.54) is 22.6 Å². The van der Waals surface area contributed by atoms with Gasteiger partial charge in [-0.2, -0.15) is 0 Å². The summed E-state index contributed by atoms with van der Waals surface area (Å²) in [7, 11) is -4.08. The van der Waals surface area contributed by atoms with Crippen LogP contribution in [0.5, 0.6) is 0 Å². The van der Waals surface area contributed by atoms with Crippen molar-refractivity contribution < 1.29 is 17.4 Å². The van der Waals surface area contributed by atoms with Gasteiger partial charge in [0.15, 0.2) is 0 Å². The van der Waals surface area contributed by atoms with Crippen LogP contribution in [0.25, 0.3) is 16.7 Å². The molecule has 0 bridgehead atoms. The fraction of sp³-hybridized carbons (Fsp3) is 0.150. The van der Waals surface area contributed by atoms with Crippen LogP contribution in [0.3, 0.4) is 0 Å². The van der Waals surface area contributed by atoms with E-state index in [1.54, 1.807) is 29.0 Å². The first-order chi connectivity index (χ1) is 13.8. The number of fused-ring (bicyclic) bond motifs is 2. The Bertz CT molecular complexity index is 1410. The van der Waals surface area contributed by atoms with Crippen molar-refractivity contribution in [2.24, 2.45) is 0 Å². The smallest absolute Gasteiger partial charge is 0.278 e. The number of hydrogen-bond acceptors (Lipinski definition) is 5. The molecule has 0 radical (unpaired) electrons. The Labute approximate surface area is 165 Å². The number of hydrogen-bond donors (Lipinski definition) is 1. The van der Waals surface area contributed by atoms with Crippen LogP contribution in [0.4, 0.5) is 10.2 Å². The maximum absolute atomic E-state index is 13.3. The van der Waals surface area contributed by atoms with Crippen molar-refractivity contribution >= 4 is 32.3 Å². The van der Waals surface area contributed by atoms with E-state index in [9.17, 15) is 17.6 Å². The van der Waals surface area contributed by atoms with E-state index in [-0.39, 0.29) is 21.0 Å². The lowest BCUT2D eigenvalue weighted by Gasteiger charge is -2.12. The number of nitrogens with two attached hydrogens (primary N) is 1. The zero-order chi connectivity index (χ0) is 20.8. The fourth-order valence-corrected chi connectivity index (χ4v) is 4.69. The van der Waals surface area contributed by atoms with E-state index in [1.807, 2.05) is 6.92 Å². The van der Waals surface area contributed by atoms with Gasteiger partial charge in [-0.25, -0.2) is 17.4 Å². The Morgan fingerprint density at radius 1 is 1.17 bits per heavy atom. The van der Waals surface area contributed by atoms with E-state index < -0.39 is 21.2 Å². The summed E-state index contributed by atoms with van der Waals surface area (Å²) in [5.41, 5.74) is 6.60. The third-order valence-electron chi connectivity index (χ3n) is 4.68. The summed E-state index contributed by atoms with van der Waals surface area (Å²) in [6.07, 6.45) is 2.22. The second-order valence-corrected chi connectivity index (χ2v) is 8.50. The lowest BCUT2D eigenvalue weighted by Crippen LogP contribution is -2.41. The number of anilines is 1. The zero-order valence-electron chi connectivity index (χ0n) is 15.5. The van der Waals surface area contributed by atoms with E-state index >= 15 is 0 Å². The Balaban J connectivity index is 2.11. The van der Waals surface area contributed by atoms with Crippen molar-refractivity contribution in [3.63, 3.8) is 0 Å². The predicted molar refractivity (Wildman–Crippen MR) is 106 cm³/mol. The number of aryl methyl sites for hydroxylation is 1. The van der Waals surface area contributed by atoms with Crippen molar-refractivity contribution in [1.29, 1.82) is 0 Å². The van der Waals surface area contributed by atoms with Crippen molar-refractivity contribution in [3.8, 4) is 0 Å². The number of nitrogens with zero attached hydrogens (tertiary/aromatic N) is 3. The van der Waals surface area contributed by atoms with Gasteiger partial charge in [0, 0.05) is 6.20 Å². The predicted octanol–water partition coefficient (Wildman–Crippen LogP) is 2.10. The van der Waals surface area contributed by atoms with Crippen LogP contribution in [-0.4, -0.2) is 17.8 Å². The molecular formula is C20H18FN4O3S+. The molecule has 0 aliphatic rings. The molecule has 0 spiro atoms. The van der Waals surface area contributed by atoms with Gasteiger partial charge in [0.25, 0.3) is 11.2 Å². The molecular weight excluding hydrogens is 395 g/mol. The van der Waals surface area contributed by atoms with E-state index in [0.29, 0.717) is 24.3 Å². The van der Waals surface area contributed by atoms with Gasteiger partial charge in [-0.1, -0.05) is 18.0 Å². The van der Waals surface area contributed by atoms with Gasteiger partial charge in [0.2, 0.25) is 21.3 Å². The topological polar surface area (TPSA) is 98.4 Å². The second kappa shape index (κ2) is 6.93. The van der Waals surface area contributed by atoms with E-state index in [2.05, 4.69) is 4.98 Å². The molecule has 0 fully saturated rings. The van der Waals surface area contributed by atoms with Crippen LogP contribution in [0.2, 0.25) is 0 Å². The number of nitrogen functional groups attached to an aromatic ring is 1. The first kappa shape index (κ1) is 19.0. The number of sulfone groups is 1. The highest BCUT2D eigenvalue weighted by Crippen LogP contribution is 2.26. The molecule has 7 nitrogen and oxygen atoms in total. The maximum Gasteiger partial charge on any atom is 0.278 e. The number of pyridine rings is 2. The van der Waals surface area contributed by atoms with Crippen LogP contribution in [0, 0.1) is 5.82 Å². The van der Waals surface area contributed by atoms with Crippen molar-refractivity contribution in [3.05, 3.63) is 70.9 Å². The molecule has 0 atom stereocenters. The average Bonchev–Trinajstić information content (AvgIpc) is 2.70. The highest BCUT2D eigenvalue weighted by molar-refractivity contribution is 7.91. The normalized spacial score (nSPS) is 11.9. The Hall–Kier alpha value is -3.33. The van der Waals surface area contributed by atoms with Crippen LogP contribution < -0.4 is 15.9 Å². The molecule has 0 aliphatic carbocycles. The molecule has 4 aromatic rings. The summed E-state index contributed by atoms with van der Waals surface area (Å²) in [6.45, 7) is 2.29. The molecule has 2 N–H and O–H groups in total. The molecule has 3 aromatic heterocycles. The van der Waals surface area contributed by atoms with Crippen molar-refractivity contribution in [2.45, 2.75) is 29.7 Å².